The molecule has 0 fully saturated rings. The summed E-state index contributed by atoms with van der Waals surface area (Å²) in [7, 11) is 0. The van der Waals surface area contributed by atoms with Gasteiger partial charge in [0.05, 0.1) is 12.2 Å². The maximum atomic E-state index is 13.3. The molecule has 0 aliphatic rings. The van der Waals surface area contributed by atoms with Crippen molar-refractivity contribution in [1.29, 1.82) is 0 Å². The van der Waals surface area contributed by atoms with Crippen LogP contribution in [-0.4, -0.2) is 12.5 Å². The second kappa shape index (κ2) is 6.14. The highest BCUT2D eigenvalue weighted by Crippen LogP contribution is 2.14. The second-order valence-corrected chi connectivity index (χ2v) is 4.40. The van der Waals surface area contributed by atoms with Crippen LogP contribution in [0.1, 0.15) is 5.56 Å². The van der Waals surface area contributed by atoms with Gasteiger partial charge in [0.2, 0.25) is 5.91 Å². The van der Waals surface area contributed by atoms with E-state index >= 15 is 0 Å². The number of hydrogen-bond acceptors (Lipinski definition) is 2. The molecular weight excluding hydrogens is 262 g/mol. The lowest BCUT2D eigenvalue weighted by Gasteiger charge is -2.09. The van der Waals surface area contributed by atoms with Crippen molar-refractivity contribution in [2.45, 2.75) is 6.92 Å². The number of aryl methyl sites for hydroxylation is 1. The smallest absolute Gasteiger partial charge is 0.243 e. The van der Waals surface area contributed by atoms with Crippen molar-refractivity contribution in [2.24, 2.45) is 0 Å². The molecule has 0 aromatic heterocycles. The lowest BCUT2D eigenvalue weighted by Crippen LogP contribution is -2.22. The highest BCUT2D eigenvalue weighted by molar-refractivity contribution is 5.93. The lowest BCUT2D eigenvalue weighted by atomic mass is 10.2. The van der Waals surface area contributed by atoms with E-state index in [1.54, 1.807) is 6.07 Å². The molecule has 0 saturated heterocycles. The predicted octanol–water partition coefficient (Wildman–Crippen LogP) is 3.32. The Labute approximate surface area is 115 Å². The zero-order valence-corrected chi connectivity index (χ0v) is 10.9. The van der Waals surface area contributed by atoms with Gasteiger partial charge in [0.15, 0.2) is 0 Å². The van der Waals surface area contributed by atoms with Crippen LogP contribution >= 0.6 is 0 Å². The van der Waals surface area contributed by atoms with Gasteiger partial charge >= 0.3 is 0 Å². The third-order valence-corrected chi connectivity index (χ3v) is 2.67. The molecule has 104 valence electrons. The van der Waals surface area contributed by atoms with E-state index in [0.717, 1.165) is 17.7 Å². The van der Waals surface area contributed by atoms with Crippen molar-refractivity contribution in [2.75, 3.05) is 17.2 Å². The van der Waals surface area contributed by atoms with E-state index in [1.165, 1.54) is 6.07 Å². The fourth-order valence-corrected chi connectivity index (χ4v) is 1.74. The minimum atomic E-state index is -0.728. The molecule has 0 radical (unpaired) electrons. The van der Waals surface area contributed by atoms with Gasteiger partial charge < -0.3 is 10.6 Å². The van der Waals surface area contributed by atoms with E-state index in [2.05, 4.69) is 10.6 Å². The quantitative estimate of drug-likeness (QED) is 0.899. The summed E-state index contributed by atoms with van der Waals surface area (Å²) in [5.41, 5.74) is 1.79. The topological polar surface area (TPSA) is 41.1 Å². The monoisotopic (exact) mass is 276 g/mol. The van der Waals surface area contributed by atoms with Gasteiger partial charge in [-0.1, -0.05) is 12.1 Å². The molecule has 2 N–H and O–H groups in total. The third-order valence-electron chi connectivity index (χ3n) is 2.67. The van der Waals surface area contributed by atoms with Crippen molar-refractivity contribution in [3.05, 3.63) is 59.7 Å². The summed E-state index contributed by atoms with van der Waals surface area (Å²) in [6.45, 7) is 1.82. The first-order valence-corrected chi connectivity index (χ1v) is 6.10. The summed E-state index contributed by atoms with van der Waals surface area (Å²) < 4.78 is 26.1. The van der Waals surface area contributed by atoms with E-state index in [0.29, 0.717) is 5.69 Å². The fourth-order valence-electron chi connectivity index (χ4n) is 1.74. The van der Waals surface area contributed by atoms with Crippen LogP contribution in [0.5, 0.6) is 0 Å². The molecule has 2 rings (SSSR count). The molecule has 0 spiro atoms. The van der Waals surface area contributed by atoms with Crippen LogP contribution in [0.15, 0.2) is 42.5 Å². The highest BCUT2D eigenvalue weighted by atomic mass is 19.1. The molecule has 0 bridgehead atoms. The van der Waals surface area contributed by atoms with Gasteiger partial charge in [-0.05, 0) is 36.8 Å². The molecule has 0 unspecified atom stereocenters. The Morgan fingerprint density at radius 3 is 2.65 bits per heavy atom. The average Bonchev–Trinajstić information content (AvgIpc) is 2.37. The van der Waals surface area contributed by atoms with Crippen LogP contribution in [0.2, 0.25) is 0 Å². The summed E-state index contributed by atoms with van der Waals surface area (Å²) in [6.07, 6.45) is 0. The number of hydrogen-bond donors (Lipinski definition) is 2. The standard InChI is InChI=1S/C15H14F2N2O/c1-10-3-2-4-12(7-10)19-15(20)9-18-14-6-5-11(16)8-13(14)17/h2-8,18H,9H2,1H3,(H,19,20). The maximum Gasteiger partial charge on any atom is 0.243 e. The Morgan fingerprint density at radius 2 is 1.95 bits per heavy atom. The Bertz CT molecular complexity index is 629. The summed E-state index contributed by atoms with van der Waals surface area (Å²) in [6, 6.07) is 10.5. The third kappa shape index (κ3) is 3.78. The second-order valence-electron chi connectivity index (χ2n) is 4.40. The fraction of sp³-hybridized carbons (Fsp3) is 0.133. The summed E-state index contributed by atoms with van der Waals surface area (Å²) >= 11 is 0. The largest absolute Gasteiger partial charge is 0.374 e. The van der Waals surface area contributed by atoms with Gasteiger partial charge in [0, 0.05) is 11.8 Å². The van der Waals surface area contributed by atoms with Gasteiger partial charge in [-0.2, -0.15) is 0 Å². The zero-order chi connectivity index (χ0) is 14.5. The normalized spacial score (nSPS) is 10.2. The number of anilines is 2. The molecule has 3 nitrogen and oxygen atoms in total. The Kier molecular flexibility index (Phi) is 4.30. The van der Waals surface area contributed by atoms with Crippen molar-refractivity contribution in [3.63, 3.8) is 0 Å². The highest BCUT2D eigenvalue weighted by Gasteiger charge is 2.06. The molecule has 0 aliphatic carbocycles. The summed E-state index contributed by atoms with van der Waals surface area (Å²) in [5, 5.41) is 5.31. The zero-order valence-electron chi connectivity index (χ0n) is 10.9. The number of rotatable bonds is 4. The molecule has 0 atom stereocenters. The van der Waals surface area contributed by atoms with E-state index < -0.39 is 11.6 Å². The molecule has 1 amide bonds. The van der Waals surface area contributed by atoms with Crippen molar-refractivity contribution >= 4 is 17.3 Å². The minimum absolute atomic E-state index is 0.0887. The van der Waals surface area contributed by atoms with Gasteiger partial charge in [-0.3, -0.25) is 4.79 Å². The Balaban J connectivity index is 1.92. The molecule has 2 aromatic rings. The van der Waals surface area contributed by atoms with Gasteiger partial charge in [-0.25, -0.2) is 8.78 Å². The van der Waals surface area contributed by atoms with E-state index in [4.69, 9.17) is 0 Å². The molecule has 20 heavy (non-hydrogen) atoms. The van der Waals surface area contributed by atoms with Crippen molar-refractivity contribution in [3.8, 4) is 0 Å². The van der Waals surface area contributed by atoms with Crippen molar-refractivity contribution in [1.82, 2.24) is 0 Å². The molecule has 0 aliphatic heterocycles. The first-order chi connectivity index (χ1) is 9.54. The van der Waals surface area contributed by atoms with E-state index in [9.17, 15) is 13.6 Å². The maximum absolute atomic E-state index is 13.3. The number of carbonyl (C=O) groups excluding carboxylic acids is 1. The first kappa shape index (κ1) is 14.0. The number of carbonyl (C=O) groups is 1. The Morgan fingerprint density at radius 1 is 1.15 bits per heavy atom. The molecule has 0 saturated carbocycles. The summed E-state index contributed by atoms with van der Waals surface area (Å²) in [4.78, 5) is 11.7. The van der Waals surface area contributed by atoms with Crippen LogP contribution in [0.25, 0.3) is 0 Å². The van der Waals surface area contributed by atoms with E-state index in [-0.39, 0.29) is 18.1 Å². The van der Waals surface area contributed by atoms with Crippen molar-refractivity contribution < 1.29 is 13.6 Å². The number of nitrogens with one attached hydrogen (secondary N) is 2. The van der Waals surface area contributed by atoms with Crippen LogP contribution in [0, 0.1) is 18.6 Å². The van der Waals surface area contributed by atoms with Crippen LogP contribution in [-0.2, 0) is 4.79 Å². The molecule has 5 heteroatoms. The SMILES string of the molecule is Cc1cccc(NC(=O)CNc2ccc(F)cc2F)c1. The Hall–Kier alpha value is -2.43. The lowest BCUT2D eigenvalue weighted by molar-refractivity contribution is -0.114. The first-order valence-electron chi connectivity index (χ1n) is 6.10. The minimum Gasteiger partial charge on any atom is -0.374 e. The molecular formula is C15H14F2N2O. The number of halogens is 2. The van der Waals surface area contributed by atoms with Crippen LogP contribution < -0.4 is 10.6 Å². The van der Waals surface area contributed by atoms with Crippen LogP contribution in [0.3, 0.4) is 0 Å². The van der Waals surface area contributed by atoms with Gasteiger partial charge in [-0.15, -0.1) is 0 Å². The van der Waals surface area contributed by atoms with E-state index in [1.807, 2.05) is 25.1 Å². The molecule has 2 aromatic carbocycles. The van der Waals surface area contributed by atoms with Gasteiger partial charge in [0.1, 0.15) is 11.6 Å². The number of amides is 1. The summed E-state index contributed by atoms with van der Waals surface area (Å²) in [5.74, 6) is -1.69. The predicted molar refractivity (Wildman–Crippen MR) is 74.7 cm³/mol. The number of benzene rings is 2. The van der Waals surface area contributed by atoms with Gasteiger partial charge in [0.25, 0.3) is 0 Å². The average molecular weight is 276 g/mol. The molecule has 0 heterocycles. The van der Waals surface area contributed by atoms with Crippen LogP contribution in [0.4, 0.5) is 20.2 Å².